The molecule has 1 N–H and O–H groups in total. The SMILES string of the molecule is CC(C)N(/C(O)=C1\C=CC=C1OC(=O)/C=C/C=C/c1ccc2c(c1)OCO2)C(C)C. The van der Waals surface area contributed by atoms with E-state index in [0.29, 0.717) is 17.1 Å². The van der Waals surface area contributed by atoms with Crippen molar-refractivity contribution in [2.75, 3.05) is 6.79 Å². The quantitative estimate of drug-likeness (QED) is 0.300. The molecule has 1 heterocycles. The second-order valence-corrected chi connectivity index (χ2v) is 7.47. The molecule has 1 aromatic rings. The van der Waals surface area contributed by atoms with E-state index in [-0.39, 0.29) is 24.8 Å². The summed E-state index contributed by atoms with van der Waals surface area (Å²) in [6.07, 6.45) is 11.7. The van der Waals surface area contributed by atoms with E-state index in [1.54, 1.807) is 30.4 Å². The lowest BCUT2D eigenvalue weighted by Crippen LogP contribution is -2.37. The van der Waals surface area contributed by atoms with Gasteiger partial charge in [0.1, 0.15) is 5.76 Å². The highest BCUT2D eigenvalue weighted by Gasteiger charge is 2.23. The standard InChI is InChI=1S/C24H27NO5/c1-16(2)25(17(3)4)24(27)19-9-7-10-20(19)30-23(26)11-6-5-8-18-12-13-21-22(14-18)29-15-28-21/h5-14,16-17,27H,15H2,1-4H3/b8-5+,11-6+,24-19-. The zero-order chi connectivity index (χ0) is 21.7. The van der Waals surface area contributed by atoms with Crippen LogP contribution in [-0.4, -0.2) is 34.9 Å². The number of hydrogen-bond acceptors (Lipinski definition) is 6. The second kappa shape index (κ2) is 9.39. The summed E-state index contributed by atoms with van der Waals surface area (Å²) in [6.45, 7) is 8.23. The minimum Gasteiger partial charge on any atom is -0.494 e. The Balaban J connectivity index is 1.62. The summed E-state index contributed by atoms with van der Waals surface area (Å²) in [5.41, 5.74) is 1.42. The summed E-state index contributed by atoms with van der Waals surface area (Å²) in [5.74, 6) is 1.33. The van der Waals surface area contributed by atoms with Crippen LogP contribution in [0.15, 0.2) is 71.9 Å². The average molecular weight is 409 g/mol. The summed E-state index contributed by atoms with van der Waals surface area (Å²) >= 11 is 0. The number of nitrogens with zero attached hydrogens (tertiary/aromatic N) is 1. The molecule has 0 amide bonds. The Bertz CT molecular complexity index is 942. The first kappa shape index (κ1) is 21.3. The fraction of sp³-hybridized carbons (Fsp3) is 0.292. The van der Waals surface area contributed by atoms with Crippen LogP contribution in [-0.2, 0) is 9.53 Å². The Morgan fingerprint density at radius 1 is 1.13 bits per heavy atom. The molecule has 0 radical (unpaired) electrons. The van der Waals surface area contributed by atoms with Crippen LogP contribution in [0.1, 0.15) is 33.3 Å². The van der Waals surface area contributed by atoms with Gasteiger partial charge < -0.3 is 24.2 Å². The molecule has 0 atom stereocenters. The van der Waals surface area contributed by atoms with Crippen LogP contribution < -0.4 is 9.47 Å². The molecule has 6 nitrogen and oxygen atoms in total. The fourth-order valence-electron chi connectivity index (χ4n) is 3.36. The molecule has 2 aliphatic rings. The first-order valence-corrected chi connectivity index (χ1v) is 9.93. The van der Waals surface area contributed by atoms with E-state index in [9.17, 15) is 9.90 Å². The summed E-state index contributed by atoms with van der Waals surface area (Å²) in [5, 5.41) is 10.7. The van der Waals surface area contributed by atoms with Crippen molar-refractivity contribution < 1.29 is 24.1 Å². The summed E-state index contributed by atoms with van der Waals surface area (Å²) in [6, 6.07) is 5.82. The van der Waals surface area contributed by atoms with Crippen molar-refractivity contribution in [2.24, 2.45) is 0 Å². The number of ether oxygens (including phenoxy) is 3. The minimum absolute atomic E-state index is 0.0967. The lowest BCUT2D eigenvalue weighted by Gasteiger charge is -2.32. The Kier molecular flexibility index (Phi) is 6.67. The number of carbonyl (C=O) groups is 1. The largest absolute Gasteiger partial charge is 0.494 e. The lowest BCUT2D eigenvalue weighted by atomic mass is 10.2. The molecule has 30 heavy (non-hydrogen) atoms. The number of rotatable bonds is 7. The molecule has 0 unspecified atom stereocenters. The van der Waals surface area contributed by atoms with Crippen LogP contribution in [0.4, 0.5) is 0 Å². The molecular weight excluding hydrogens is 382 g/mol. The number of esters is 1. The van der Waals surface area contributed by atoms with Crippen LogP contribution in [0.5, 0.6) is 11.5 Å². The van der Waals surface area contributed by atoms with Gasteiger partial charge in [0.2, 0.25) is 6.79 Å². The van der Waals surface area contributed by atoms with E-state index in [0.717, 1.165) is 11.3 Å². The van der Waals surface area contributed by atoms with E-state index in [2.05, 4.69) is 0 Å². The molecule has 0 saturated carbocycles. The number of hydrogen-bond donors (Lipinski definition) is 1. The van der Waals surface area contributed by atoms with Crippen molar-refractivity contribution in [1.82, 2.24) is 4.90 Å². The topological polar surface area (TPSA) is 68.2 Å². The maximum Gasteiger partial charge on any atom is 0.336 e. The van der Waals surface area contributed by atoms with Gasteiger partial charge in [0.05, 0.1) is 5.57 Å². The van der Waals surface area contributed by atoms with E-state index < -0.39 is 5.97 Å². The lowest BCUT2D eigenvalue weighted by molar-refractivity contribution is -0.133. The molecule has 3 rings (SSSR count). The predicted molar refractivity (Wildman–Crippen MR) is 116 cm³/mol. The zero-order valence-electron chi connectivity index (χ0n) is 17.7. The maximum atomic E-state index is 12.2. The molecule has 0 spiro atoms. The summed E-state index contributed by atoms with van der Waals surface area (Å²) < 4.78 is 16.1. The van der Waals surface area contributed by atoms with Crippen molar-refractivity contribution >= 4 is 12.0 Å². The third kappa shape index (κ3) is 4.95. The van der Waals surface area contributed by atoms with Crippen molar-refractivity contribution in [3.8, 4) is 11.5 Å². The molecule has 1 aliphatic carbocycles. The maximum absolute atomic E-state index is 12.2. The van der Waals surface area contributed by atoms with Gasteiger partial charge in [-0.1, -0.05) is 30.4 Å². The van der Waals surface area contributed by atoms with Crippen LogP contribution in [0, 0.1) is 0 Å². The van der Waals surface area contributed by atoms with E-state index >= 15 is 0 Å². The number of allylic oxidation sites excluding steroid dienone is 5. The first-order valence-electron chi connectivity index (χ1n) is 9.93. The summed E-state index contributed by atoms with van der Waals surface area (Å²) in [7, 11) is 0. The van der Waals surface area contributed by atoms with Gasteiger partial charge in [-0.25, -0.2) is 4.79 Å². The van der Waals surface area contributed by atoms with Gasteiger partial charge >= 0.3 is 5.97 Å². The number of carbonyl (C=O) groups excluding carboxylic acids is 1. The number of fused-ring (bicyclic) bond motifs is 1. The molecule has 6 heteroatoms. The molecule has 1 aromatic carbocycles. The predicted octanol–water partition coefficient (Wildman–Crippen LogP) is 4.87. The van der Waals surface area contributed by atoms with Gasteiger partial charge in [-0.15, -0.1) is 0 Å². The van der Waals surface area contributed by atoms with Crippen molar-refractivity contribution in [1.29, 1.82) is 0 Å². The molecule has 1 aliphatic heterocycles. The van der Waals surface area contributed by atoms with Gasteiger partial charge in [0.15, 0.2) is 17.4 Å². The smallest absolute Gasteiger partial charge is 0.336 e. The van der Waals surface area contributed by atoms with Crippen LogP contribution in [0.2, 0.25) is 0 Å². The normalized spacial score (nSPS) is 16.8. The highest BCUT2D eigenvalue weighted by molar-refractivity contribution is 5.84. The van der Waals surface area contributed by atoms with E-state index in [1.165, 1.54) is 6.08 Å². The first-order chi connectivity index (χ1) is 14.4. The van der Waals surface area contributed by atoms with Crippen LogP contribution in [0.3, 0.4) is 0 Å². The van der Waals surface area contributed by atoms with Crippen LogP contribution >= 0.6 is 0 Å². The molecule has 158 valence electrons. The Hall–Kier alpha value is -3.41. The zero-order valence-corrected chi connectivity index (χ0v) is 17.7. The summed E-state index contributed by atoms with van der Waals surface area (Å²) in [4.78, 5) is 14.1. The van der Waals surface area contributed by atoms with Gasteiger partial charge in [0, 0.05) is 18.2 Å². The molecule has 0 fully saturated rings. The highest BCUT2D eigenvalue weighted by Crippen LogP contribution is 2.32. The van der Waals surface area contributed by atoms with Gasteiger partial charge in [0.25, 0.3) is 0 Å². The van der Waals surface area contributed by atoms with Gasteiger partial charge in [-0.3, -0.25) is 0 Å². The Morgan fingerprint density at radius 2 is 1.87 bits per heavy atom. The average Bonchev–Trinajstić information content (AvgIpc) is 3.33. The highest BCUT2D eigenvalue weighted by atomic mass is 16.7. The van der Waals surface area contributed by atoms with Crippen molar-refractivity contribution in [2.45, 2.75) is 39.8 Å². The van der Waals surface area contributed by atoms with Gasteiger partial charge in [-0.05, 0) is 57.5 Å². The Labute approximate surface area is 177 Å². The molecular formula is C24H27NO5. The monoisotopic (exact) mass is 409 g/mol. The second-order valence-electron chi connectivity index (χ2n) is 7.47. The fourth-order valence-corrected chi connectivity index (χ4v) is 3.36. The number of benzene rings is 1. The third-order valence-electron chi connectivity index (χ3n) is 4.61. The van der Waals surface area contributed by atoms with Crippen molar-refractivity contribution in [3.05, 3.63) is 77.4 Å². The van der Waals surface area contributed by atoms with Crippen molar-refractivity contribution in [3.63, 3.8) is 0 Å². The molecule has 0 bridgehead atoms. The third-order valence-corrected chi connectivity index (χ3v) is 4.61. The number of aliphatic hydroxyl groups is 1. The van der Waals surface area contributed by atoms with Crippen LogP contribution in [0.25, 0.3) is 6.08 Å². The van der Waals surface area contributed by atoms with E-state index in [1.807, 2.05) is 56.9 Å². The molecule has 0 aromatic heterocycles. The minimum atomic E-state index is -0.522. The van der Waals surface area contributed by atoms with Gasteiger partial charge in [-0.2, -0.15) is 0 Å². The number of aliphatic hydroxyl groups excluding tert-OH is 1. The Morgan fingerprint density at radius 3 is 2.60 bits per heavy atom. The van der Waals surface area contributed by atoms with E-state index in [4.69, 9.17) is 14.2 Å². The molecule has 0 saturated heterocycles.